The fourth-order valence-corrected chi connectivity index (χ4v) is 3.52. The maximum absolute atomic E-state index is 12.0. The quantitative estimate of drug-likeness (QED) is 0.584. The van der Waals surface area contributed by atoms with E-state index < -0.39 is 12.0 Å². The molecule has 0 aliphatic heterocycles. The van der Waals surface area contributed by atoms with Gasteiger partial charge in [0.2, 0.25) is 5.91 Å². The summed E-state index contributed by atoms with van der Waals surface area (Å²) in [6.45, 7) is 4.49. The molecule has 0 aromatic heterocycles. The van der Waals surface area contributed by atoms with Crippen LogP contribution in [0, 0.1) is 23.7 Å². The average Bonchev–Trinajstić information content (AvgIpc) is 2.44. The van der Waals surface area contributed by atoms with Gasteiger partial charge in [-0.05, 0) is 37.0 Å². The molecule has 4 N–H and O–H groups in total. The first-order chi connectivity index (χ1) is 10.3. The molecule has 5 nitrogen and oxygen atoms in total. The molecule has 0 radical (unpaired) electrons. The molecular formula is C16H31BN2O3. The summed E-state index contributed by atoms with van der Waals surface area (Å²) in [6.07, 6.45) is 5.53. The zero-order chi connectivity index (χ0) is 16.7. The molecule has 1 amide bonds. The maximum atomic E-state index is 12.0. The van der Waals surface area contributed by atoms with E-state index in [1.165, 1.54) is 0 Å². The Bertz CT molecular complexity index is 376. The fourth-order valence-electron chi connectivity index (χ4n) is 3.52. The van der Waals surface area contributed by atoms with E-state index in [4.69, 9.17) is 5.73 Å². The van der Waals surface area contributed by atoms with Gasteiger partial charge in [-0.2, -0.15) is 0 Å². The van der Waals surface area contributed by atoms with Crippen LogP contribution in [0.4, 0.5) is 0 Å². The molecule has 6 heteroatoms. The predicted octanol–water partition coefficient (Wildman–Crippen LogP) is 1.03. The Morgan fingerprint density at radius 1 is 1.36 bits per heavy atom. The van der Waals surface area contributed by atoms with Gasteiger partial charge in [0.05, 0.1) is 12.0 Å². The highest BCUT2D eigenvalue weighted by atomic mass is 16.4. The third-order valence-corrected chi connectivity index (χ3v) is 4.72. The van der Waals surface area contributed by atoms with Crippen molar-refractivity contribution in [3.05, 3.63) is 0 Å². The number of hydrogen-bond donors (Lipinski definition) is 3. The minimum Gasteiger partial charge on any atom is -0.481 e. The Hall–Kier alpha value is -1.04. The summed E-state index contributed by atoms with van der Waals surface area (Å²) >= 11 is 0. The van der Waals surface area contributed by atoms with Crippen molar-refractivity contribution in [3.8, 4) is 0 Å². The SMILES string of the molecule is BCC[C@@H]1CC[C@@H](CNC(=O)[C@@H](N)CC(C)C)[C@@H](C(=O)O)C1. The van der Waals surface area contributed by atoms with E-state index >= 15 is 0 Å². The molecule has 0 saturated heterocycles. The largest absolute Gasteiger partial charge is 0.481 e. The normalized spacial score (nSPS) is 26.6. The second kappa shape index (κ2) is 9.18. The molecular weight excluding hydrogens is 279 g/mol. The molecule has 126 valence electrons. The first-order valence-corrected chi connectivity index (χ1v) is 8.61. The number of nitrogens with one attached hydrogen (secondary N) is 1. The minimum absolute atomic E-state index is 0.0285. The van der Waals surface area contributed by atoms with Crippen LogP contribution >= 0.6 is 0 Å². The lowest BCUT2D eigenvalue weighted by Gasteiger charge is -2.34. The van der Waals surface area contributed by atoms with Gasteiger partial charge in [0, 0.05) is 6.54 Å². The molecule has 0 heterocycles. The van der Waals surface area contributed by atoms with Gasteiger partial charge in [-0.3, -0.25) is 9.59 Å². The minimum atomic E-state index is -0.730. The Kier molecular flexibility index (Phi) is 7.94. The molecule has 22 heavy (non-hydrogen) atoms. The van der Waals surface area contributed by atoms with Crippen molar-refractivity contribution in [3.63, 3.8) is 0 Å². The molecule has 1 aliphatic rings. The molecule has 1 rings (SSSR count). The Labute approximate surface area is 134 Å². The Morgan fingerprint density at radius 2 is 2.05 bits per heavy atom. The number of carboxylic acids is 1. The molecule has 1 aliphatic carbocycles. The van der Waals surface area contributed by atoms with Crippen LogP contribution in [0.2, 0.25) is 6.32 Å². The highest BCUT2D eigenvalue weighted by Crippen LogP contribution is 2.36. The maximum Gasteiger partial charge on any atom is 0.306 e. The first kappa shape index (κ1) is 19.0. The van der Waals surface area contributed by atoms with Crippen LogP contribution in [-0.4, -0.2) is 37.4 Å². The van der Waals surface area contributed by atoms with E-state index in [9.17, 15) is 14.7 Å². The van der Waals surface area contributed by atoms with Gasteiger partial charge in [-0.25, -0.2) is 0 Å². The van der Waals surface area contributed by atoms with E-state index in [2.05, 4.69) is 13.2 Å². The number of carboxylic acid groups (broad SMARTS) is 1. The summed E-state index contributed by atoms with van der Waals surface area (Å²) in [5.41, 5.74) is 5.86. The third-order valence-electron chi connectivity index (χ3n) is 4.72. The van der Waals surface area contributed by atoms with Crippen LogP contribution < -0.4 is 11.1 Å². The van der Waals surface area contributed by atoms with Gasteiger partial charge in [0.15, 0.2) is 0 Å². The standard InChI is InChI=1S/C16H31BN2O3/c1-10(2)7-14(18)15(20)19-9-12-4-3-11(5-6-17)8-13(12)16(21)22/h10-14H,3-9,17-18H2,1-2H3,(H,19,20)(H,21,22)/t11-,12-,13-,14-/m0/s1. The Balaban J connectivity index is 2.49. The molecule has 1 fully saturated rings. The van der Waals surface area contributed by atoms with E-state index in [0.717, 1.165) is 32.0 Å². The number of hydrogen-bond acceptors (Lipinski definition) is 3. The zero-order valence-corrected chi connectivity index (χ0v) is 14.2. The van der Waals surface area contributed by atoms with Gasteiger partial charge in [0.1, 0.15) is 7.85 Å². The molecule has 0 spiro atoms. The van der Waals surface area contributed by atoms with E-state index in [-0.39, 0.29) is 17.7 Å². The Morgan fingerprint density at radius 3 is 2.59 bits per heavy atom. The van der Waals surface area contributed by atoms with Gasteiger partial charge >= 0.3 is 5.97 Å². The number of nitrogens with two attached hydrogens (primary N) is 1. The number of carbonyl (C=O) groups is 2. The lowest BCUT2D eigenvalue weighted by Crippen LogP contribution is -2.45. The number of carbonyl (C=O) groups excluding carboxylic acids is 1. The predicted molar refractivity (Wildman–Crippen MR) is 90.4 cm³/mol. The molecule has 0 aromatic rings. The van der Waals surface area contributed by atoms with Gasteiger partial charge in [-0.1, -0.05) is 33.0 Å². The second-order valence-electron chi connectivity index (χ2n) is 7.15. The third kappa shape index (κ3) is 5.99. The zero-order valence-electron chi connectivity index (χ0n) is 14.2. The van der Waals surface area contributed by atoms with Gasteiger partial charge in [0.25, 0.3) is 0 Å². The van der Waals surface area contributed by atoms with Crippen molar-refractivity contribution in [1.29, 1.82) is 0 Å². The van der Waals surface area contributed by atoms with Crippen molar-refractivity contribution in [2.24, 2.45) is 29.4 Å². The summed E-state index contributed by atoms with van der Waals surface area (Å²) in [5, 5.41) is 12.3. The van der Waals surface area contributed by atoms with Crippen molar-refractivity contribution in [2.75, 3.05) is 6.54 Å². The van der Waals surface area contributed by atoms with Gasteiger partial charge in [-0.15, -0.1) is 0 Å². The topological polar surface area (TPSA) is 92.4 Å². The molecule has 0 unspecified atom stereocenters. The lowest BCUT2D eigenvalue weighted by molar-refractivity contribution is -0.146. The molecule has 0 aromatic carbocycles. The van der Waals surface area contributed by atoms with E-state index in [1.54, 1.807) is 0 Å². The smallest absolute Gasteiger partial charge is 0.306 e. The fraction of sp³-hybridized carbons (Fsp3) is 0.875. The van der Waals surface area contributed by atoms with Gasteiger partial charge < -0.3 is 16.2 Å². The van der Waals surface area contributed by atoms with Crippen molar-refractivity contribution < 1.29 is 14.7 Å². The number of amides is 1. The monoisotopic (exact) mass is 310 g/mol. The molecule has 4 atom stereocenters. The highest BCUT2D eigenvalue weighted by Gasteiger charge is 2.35. The number of rotatable bonds is 8. The summed E-state index contributed by atoms with van der Waals surface area (Å²) in [7, 11) is 2.14. The summed E-state index contributed by atoms with van der Waals surface area (Å²) in [4.78, 5) is 23.5. The van der Waals surface area contributed by atoms with Crippen molar-refractivity contribution in [2.45, 2.75) is 58.3 Å². The number of aliphatic carboxylic acids is 1. The lowest BCUT2D eigenvalue weighted by atomic mass is 9.71. The van der Waals surface area contributed by atoms with Crippen LogP contribution in [0.5, 0.6) is 0 Å². The first-order valence-electron chi connectivity index (χ1n) is 8.61. The highest BCUT2D eigenvalue weighted by molar-refractivity contribution is 6.08. The van der Waals surface area contributed by atoms with Crippen LogP contribution in [0.25, 0.3) is 0 Å². The van der Waals surface area contributed by atoms with E-state index in [0.29, 0.717) is 24.8 Å². The van der Waals surface area contributed by atoms with Crippen LogP contribution in [0.1, 0.15) is 46.0 Å². The van der Waals surface area contributed by atoms with Crippen LogP contribution in [-0.2, 0) is 9.59 Å². The second-order valence-corrected chi connectivity index (χ2v) is 7.15. The summed E-state index contributed by atoms with van der Waals surface area (Å²) in [5.74, 6) is -0.314. The van der Waals surface area contributed by atoms with E-state index in [1.807, 2.05) is 13.8 Å². The summed E-state index contributed by atoms with van der Waals surface area (Å²) < 4.78 is 0. The van der Waals surface area contributed by atoms with Crippen LogP contribution in [0.3, 0.4) is 0 Å². The summed E-state index contributed by atoms with van der Waals surface area (Å²) in [6, 6.07) is -0.500. The molecule has 1 saturated carbocycles. The van der Waals surface area contributed by atoms with Crippen LogP contribution in [0.15, 0.2) is 0 Å². The molecule has 0 bridgehead atoms. The average molecular weight is 310 g/mol. The van der Waals surface area contributed by atoms with Crippen molar-refractivity contribution >= 4 is 19.7 Å². The van der Waals surface area contributed by atoms with Crippen molar-refractivity contribution in [1.82, 2.24) is 5.32 Å².